The number of hydrogen-bond donors (Lipinski definition) is 1. The molecule has 0 bridgehead atoms. The van der Waals surface area contributed by atoms with E-state index in [0.29, 0.717) is 22.8 Å². The topological polar surface area (TPSA) is 55.8 Å². The molecule has 144 valence electrons. The van der Waals surface area contributed by atoms with Crippen molar-refractivity contribution in [3.8, 4) is 11.5 Å². The van der Waals surface area contributed by atoms with E-state index in [1.807, 2.05) is 19.9 Å². The number of aliphatic carboxylic acids is 1. The fourth-order valence-corrected chi connectivity index (χ4v) is 3.39. The summed E-state index contributed by atoms with van der Waals surface area (Å²) in [6.45, 7) is 3.87. The maximum atomic E-state index is 14.3. The molecule has 0 unspecified atom stereocenters. The minimum atomic E-state index is -1.14. The van der Waals surface area contributed by atoms with Crippen LogP contribution in [0.3, 0.4) is 0 Å². The maximum Gasteiger partial charge on any atom is 0.303 e. The Labute approximate surface area is 160 Å². The number of carboxylic acid groups (broad SMARTS) is 1. The summed E-state index contributed by atoms with van der Waals surface area (Å²) in [6, 6.07) is 6.13. The Hall–Kier alpha value is -2.34. The molecular formula is C20H19ClF2O4. The molecule has 0 saturated heterocycles. The fourth-order valence-electron chi connectivity index (χ4n) is 3.13. The molecule has 0 amide bonds. The number of fused-ring (bicyclic) bond motifs is 1. The third-order valence-electron chi connectivity index (χ3n) is 4.32. The van der Waals surface area contributed by atoms with Crippen molar-refractivity contribution >= 4 is 17.6 Å². The Kier molecular flexibility index (Phi) is 5.29. The lowest BCUT2D eigenvalue weighted by atomic mass is 10.0. The Morgan fingerprint density at radius 1 is 1.26 bits per heavy atom. The van der Waals surface area contributed by atoms with Crippen LogP contribution in [-0.4, -0.2) is 16.7 Å². The minimum absolute atomic E-state index is 0.00372. The van der Waals surface area contributed by atoms with Crippen molar-refractivity contribution in [1.82, 2.24) is 0 Å². The molecule has 4 nitrogen and oxygen atoms in total. The Morgan fingerprint density at radius 2 is 2.00 bits per heavy atom. The smallest absolute Gasteiger partial charge is 0.303 e. The van der Waals surface area contributed by atoms with Gasteiger partial charge in [-0.2, -0.15) is 4.39 Å². The molecule has 27 heavy (non-hydrogen) atoms. The first-order valence-corrected chi connectivity index (χ1v) is 8.86. The number of rotatable bonds is 6. The highest BCUT2D eigenvalue weighted by Gasteiger charge is 2.32. The third-order valence-corrected chi connectivity index (χ3v) is 4.54. The molecule has 0 radical (unpaired) electrons. The summed E-state index contributed by atoms with van der Waals surface area (Å²) in [6.07, 6.45) is 0.318. The standard InChI is InChI=1S/C20H19ClF2O4/c1-20(2)9-12-7-14(21)8-13(19(12)27-20)10-26-15-5-3-11(4-6-16(24)25)17(22)18(15)23/h3,5,7-8H,4,6,9-10H2,1-2H3,(H,24,25). The average molecular weight is 397 g/mol. The predicted molar refractivity (Wildman–Crippen MR) is 96.5 cm³/mol. The fraction of sp³-hybridized carbons (Fsp3) is 0.350. The largest absolute Gasteiger partial charge is 0.487 e. The summed E-state index contributed by atoms with van der Waals surface area (Å²) in [7, 11) is 0. The summed E-state index contributed by atoms with van der Waals surface area (Å²) >= 11 is 6.15. The van der Waals surface area contributed by atoms with Gasteiger partial charge in [0.2, 0.25) is 5.82 Å². The molecule has 1 aliphatic rings. The van der Waals surface area contributed by atoms with Crippen LogP contribution in [0.4, 0.5) is 8.78 Å². The number of benzene rings is 2. The van der Waals surface area contributed by atoms with Gasteiger partial charge in [-0.15, -0.1) is 0 Å². The van der Waals surface area contributed by atoms with Gasteiger partial charge < -0.3 is 14.6 Å². The Morgan fingerprint density at radius 3 is 2.70 bits per heavy atom. The number of carbonyl (C=O) groups is 1. The van der Waals surface area contributed by atoms with Gasteiger partial charge in [0.05, 0.1) is 0 Å². The molecule has 0 fully saturated rings. The van der Waals surface area contributed by atoms with Crippen molar-refractivity contribution in [1.29, 1.82) is 0 Å². The molecular weight excluding hydrogens is 378 g/mol. The van der Waals surface area contributed by atoms with E-state index in [1.54, 1.807) is 6.07 Å². The molecule has 2 aromatic carbocycles. The van der Waals surface area contributed by atoms with Crippen LogP contribution in [0.1, 0.15) is 37.0 Å². The van der Waals surface area contributed by atoms with Crippen molar-refractivity contribution in [2.45, 2.75) is 45.3 Å². The van der Waals surface area contributed by atoms with Crippen LogP contribution in [0.2, 0.25) is 5.02 Å². The molecule has 0 atom stereocenters. The second-order valence-corrected chi connectivity index (χ2v) is 7.56. The van der Waals surface area contributed by atoms with Crippen LogP contribution in [0.25, 0.3) is 0 Å². The number of ether oxygens (including phenoxy) is 2. The quantitative estimate of drug-likeness (QED) is 0.752. The van der Waals surface area contributed by atoms with E-state index in [0.717, 1.165) is 5.56 Å². The minimum Gasteiger partial charge on any atom is -0.487 e. The molecule has 2 aromatic rings. The van der Waals surface area contributed by atoms with Gasteiger partial charge in [-0.05, 0) is 49.6 Å². The monoisotopic (exact) mass is 396 g/mol. The summed E-state index contributed by atoms with van der Waals surface area (Å²) in [4.78, 5) is 10.6. The molecule has 3 rings (SSSR count). The van der Waals surface area contributed by atoms with Gasteiger partial charge in [-0.1, -0.05) is 17.7 Å². The zero-order valence-corrected chi connectivity index (χ0v) is 15.7. The normalized spacial score (nSPS) is 14.6. The summed E-state index contributed by atoms with van der Waals surface area (Å²) in [5.41, 5.74) is 1.22. The van der Waals surface area contributed by atoms with Gasteiger partial charge in [0.1, 0.15) is 18.0 Å². The number of halogens is 3. The number of carboxylic acids is 1. The van der Waals surface area contributed by atoms with Crippen LogP contribution in [0.15, 0.2) is 24.3 Å². The molecule has 0 aliphatic carbocycles. The second-order valence-electron chi connectivity index (χ2n) is 7.12. The van der Waals surface area contributed by atoms with Crippen molar-refractivity contribution in [2.24, 2.45) is 0 Å². The van der Waals surface area contributed by atoms with Gasteiger partial charge in [0.25, 0.3) is 0 Å². The van der Waals surface area contributed by atoms with Gasteiger partial charge in [-0.25, -0.2) is 4.39 Å². The van der Waals surface area contributed by atoms with E-state index in [-0.39, 0.29) is 36.4 Å². The van der Waals surface area contributed by atoms with Gasteiger partial charge in [0, 0.05) is 23.4 Å². The van der Waals surface area contributed by atoms with Crippen LogP contribution in [0, 0.1) is 11.6 Å². The van der Waals surface area contributed by atoms with Gasteiger partial charge in [-0.3, -0.25) is 4.79 Å². The van der Waals surface area contributed by atoms with Crippen molar-refractivity contribution < 1.29 is 28.2 Å². The number of hydrogen-bond acceptors (Lipinski definition) is 3. The first-order valence-electron chi connectivity index (χ1n) is 8.48. The molecule has 1 N–H and O–H groups in total. The Balaban J connectivity index is 1.79. The van der Waals surface area contributed by atoms with Crippen LogP contribution in [0.5, 0.6) is 11.5 Å². The highest BCUT2D eigenvalue weighted by Crippen LogP contribution is 2.40. The lowest BCUT2D eigenvalue weighted by molar-refractivity contribution is -0.136. The van der Waals surface area contributed by atoms with E-state index in [4.69, 9.17) is 26.2 Å². The average Bonchev–Trinajstić information content (AvgIpc) is 2.88. The summed E-state index contributed by atoms with van der Waals surface area (Å²) in [5, 5.41) is 9.19. The summed E-state index contributed by atoms with van der Waals surface area (Å²) < 4.78 is 39.8. The third kappa shape index (κ3) is 4.33. The highest BCUT2D eigenvalue weighted by atomic mass is 35.5. The van der Waals surface area contributed by atoms with E-state index < -0.39 is 17.6 Å². The van der Waals surface area contributed by atoms with E-state index >= 15 is 0 Å². The van der Waals surface area contributed by atoms with E-state index in [9.17, 15) is 13.6 Å². The Bertz CT molecular complexity index is 896. The molecule has 1 aliphatic heterocycles. The second kappa shape index (κ2) is 7.35. The van der Waals surface area contributed by atoms with Crippen LogP contribution >= 0.6 is 11.6 Å². The number of aryl methyl sites for hydroxylation is 1. The van der Waals surface area contributed by atoms with Crippen LogP contribution < -0.4 is 9.47 Å². The maximum absolute atomic E-state index is 14.3. The van der Waals surface area contributed by atoms with Crippen molar-refractivity contribution in [2.75, 3.05) is 0 Å². The van der Waals surface area contributed by atoms with Crippen molar-refractivity contribution in [3.63, 3.8) is 0 Å². The zero-order valence-electron chi connectivity index (χ0n) is 14.9. The SMILES string of the molecule is CC1(C)Cc2cc(Cl)cc(COc3ccc(CCC(=O)O)c(F)c3F)c2O1. The van der Waals surface area contributed by atoms with Gasteiger partial charge in [0.15, 0.2) is 11.6 Å². The first-order chi connectivity index (χ1) is 12.7. The molecule has 1 heterocycles. The van der Waals surface area contributed by atoms with E-state index in [1.165, 1.54) is 12.1 Å². The lowest BCUT2D eigenvalue weighted by Crippen LogP contribution is -2.25. The molecule has 0 spiro atoms. The highest BCUT2D eigenvalue weighted by molar-refractivity contribution is 6.30. The van der Waals surface area contributed by atoms with E-state index in [2.05, 4.69) is 0 Å². The predicted octanol–water partition coefficient (Wildman–Crippen LogP) is 4.93. The first kappa shape index (κ1) is 19.4. The summed E-state index contributed by atoms with van der Waals surface area (Å²) in [5.74, 6) is -2.91. The zero-order chi connectivity index (χ0) is 19.8. The van der Waals surface area contributed by atoms with Gasteiger partial charge >= 0.3 is 5.97 Å². The molecule has 7 heteroatoms. The van der Waals surface area contributed by atoms with Crippen LogP contribution in [-0.2, 0) is 24.2 Å². The molecule has 0 aromatic heterocycles. The van der Waals surface area contributed by atoms with Crippen molar-refractivity contribution in [3.05, 3.63) is 57.6 Å². The molecule has 0 saturated carbocycles. The lowest BCUT2D eigenvalue weighted by Gasteiger charge is -2.18.